The third kappa shape index (κ3) is 2.03. The molecular weight excluding hydrogens is 158 g/mol. The van der Waals surface area contributed by atoms with E-state index in [9.17, 15) is 4.21 Å². The van der Waals surface area contributed by atoms with Crippen LogP contribution in [-0.2, 0) is 10.8 Å². The van der Waals surface area contributed by atoms with E-state index >= 15 is 0 Å². The Labute approximate surface area is 71.2 Å². The third-order valence-electron chi connectivity index (χ3n) is 2.41. The highest BCUT2D eigenvalue weighted by atomic mass is 32.2. The minimum absolute atomic E-state index is 0.0198. The molecule has 0 aromatic rings. The Balaban J connectivity index is 2.59. The van der Waals surface area contributed by atoms with E-state index in [-0.39, 0.29) is 4.75 Å². The SMILES string of the molecule is CNC1CCS(=O)C(C)(C)C1. The van der Waals surface area contributed by atoms with Crippen molar-refractivity contribution in [2.75, 3.05) is 12.8 Å². The van der Waals surface area contributed by atoms with Gasteiger partial charge in [-0.2, -0.15) is 0 Å². The van der Waals surface area contributed by atoms with Crippen LogP contribution in [0.4, 0.5) is 0 Å². The third-order valence-corrected chi connectivity index (χ3v) is 4.42. The molecule has 0 aliphatic carbocycles. The maximum absolute atomic E-state index is 11.5. The zero-order valence-corrected chi connectivity index (χ0v) is 8.33. The molecule has 1 rings (SSSR count). The zero-order chi connectivity index (χ0) is 8.48. The van der Waals surface area contributed by atoms with Gasteiger partial charge in [0, 0.05) is 27.3 Å². The molecule has 1 saturated heterocycles. The first kappa shape index (κ1) is 9.20. The molecule has 0 saturated carbocycles. The molecule has 3 heteroatoms. The van der Waals surface area contributed by atoms with Gasteiger partial charge in [-0.3, -0.25) is 4.21 Å². The fraction of sp³-hybridized carbons (Fsp3) is 1.00. The van der Waals surface area contributed by atoms with Crippen LogP contribution in [0.2, 0.25) is 0 Å². The smallest absolute Gasteiger partial charge is 0.0417 e. The largest absolute Gasteiger partial charge is 0.317 e. The molecule has 66 valence electrons. The molecule has 0 amide bonds. The van der Waals surface area contributed by atoms with Gasteiger partial charge in [-0.05, 0) is 33.7 Å². The summed E-state index contributed by atoms with van der Waals surface area (Å²) in [5, 5.41) is 3.25. The molecule has 1 fully saturated rings. The lowest BCUT2D eigenvalue weighted by Crippen LogP contribution is -2.44. The molecule has 2 nitrogen and oxygen atoms in total. The lowest BCUT2D eigenvalue weighted by atomic mass is 10.0. The van der Waals surface area contributed by atoms with E-state index in [1.807, 2.05) is 7.05 Å². The van der Waals surface area contributed by atoms with E-state index in [4.69, 9.17) is 0 Å². The van der Waals surface area contributed by atoms with Gasteiger partial charge in [-0.1, -0.05) is 0 Å². The maximum Gasteiger partial charge on any atom is 0.0417 e. The highest BCUT2D eigenvalue weighted by Gasteiger charge is 2.33. The average Bonchev–Trinajstić information content (AvgIpc) is 1.95. The summed E-state index contributed by atoms with van der Waals surface area (Å²) in [6, 6.07) is 0.572. The lowest BCUT2D eigenvalue weighted by Gasteiger charge is -2.34. The van der Waals surface area contributed by atoms with Gasteiger partial charge in [0.1, 0.15) is 0 Å². The van der Waals surface area contributed by atoms with Crippen molar-refractivity contribution >= 4 is 10.8 Å². The van der Waals surface area contributed by atoms with Crippen LogP contribution in [0.25, 0.3) is 0 Å². The molecule has 0 aromatic carbocycles. The predicted molar refractivity (Wildman–Crippen MR) is 49.2 cm³/mol. The lowest BCUT2D eigenvalue weighted by molar-refractivity contribution is 0.430. The number of nitrogens with one attached hydrogen (secondary N) is 1. The van der Waals surface area contributed by atoms with Crippen molar-refractivity contribution in [3.63, 3.8) is 0 Å². The first-order valence-corrected chi connectivity index (χ1v) is 5.44. The summed E-state index contributed by atoms with van der Waals surface area (Å²) in [6.45, 7) is 4.18. The summed E-state index contributed by atoms with van der Waals surface area (Å²) in [7, 11) is 1.37. The van der Waals surface area contributed by atoms with Crippen LogP contribution >= 0.6 is 0 Å². The summed E-state index contributed by atoms with van der Waals surface area (Å²) in [4.78, 5) is 0. The van der Waals surface area contributed by atoms with Gasteiger partial charge in [0.2, 0.25) is 0 Å². The monoisotopic (exact) mass is 175 g/mol. The van der Waals surface area contributed by atoms with Crippen LogP contribution in [0.15, 0.2) is 0 Å². The molecule has 1 heterocycles. The highest BCUT2D eigenvalue weighted by Crippen LogP contribution is 2.26. The van der Waals surface area contributed by atoms with Crippen LogP contribution in [0.1, 0.15) is 26.7 Å². The standard InChI is InChI=1S/C8H17NOS/c1-8(2)6-7(9-3)4-5-11(8)10/h7,9H,4-6H2,1-3H3. The van der Waals surface area contributed by atoms with Gasteiger partial charge >= 0.3 is 0 Å². The molecule has 0 bridgehead atoms. The summed E-state index contributed by atoms with van der Waals surface area (Å²) in [6.07, 6.45) is 2.10. The molecular formula is C8H17NOS. The summed E-state index contributed by atoms with van der Waals surface area (Å²) < 4.78 is 11.5. The van der Waals surface area contributed by atoms with Crippen LogP contribution in [0.5, 0.6) is 0 Å². The Hall–Kier alpha value is 0.110. The minimum Gasteiger partial charge on any atom is -0.317 e. The molecule has 2 unspecified atom stereocenters. The van der Waals surface area contributed by atoms with Crippen molar-refractivity contribution in [3.05, 3.63) is 0 Å². The van der Waals surface area contributed by atoms with Crippen LogP contribution < -0.4 is 5.32 Å². The normalized spacial score (nSPS) is 37.0. The quantitative estimate of drug-likeness (QED) is 0.641. The second-order valence-corrected chi connectivity index (χ2v) is 5.99. The molecule has 0 radical (unpaired) electrons. The van der Waals surface area contributed by atoms with Crippen molar-refractivity contribution < 1.29 is 4.21 Å². The van der Waals surface area contributed by atoms with Crippen LogP contribution in [0.3, 0.4) is 0 Å². The Kier molecular flexibility index (Phi) is 2.70. The van der Waals surface area contributed by atoms with Gasteiger partial charge < -0.3 is 5.32 Å². The fourth-order valence-corrected chi connectivity index (χ4v) is 3.00. The van der Waals surface area contributed by atoms with Gasteiger partial charge in [-0.15, -0.1) is 0 Å². The second kappa shape index (κ2) is 3.23. The van der Waals surface area contributed by atoms with Gasteiger partial charge in [0.25, 0.3) is 0 Å². The molecule has 1 N–H and O–H groups in total. The van der Waals surface area contributed by atoms with E-state index < -0.39 is 10.8 Å². The Morgan fingerprint density at radius 2 is 2.18 bits per heavy atom. The van der Waals surface area contributed by atoms with Crippen molar-refractivity contribution in [1.82, 2.24) is 5.32 Å². The van der Waals surface area contributed by atoms with Crippen molar-refractivity contribution in [3.8, 4) is 0 Å². The Morgan fingerprint density at radius 3 is 2.64 bits per heavy atom. The number of hydrogen-bond donors (Lipinski definition) is 1. The van der Waals surface area contributed by atoms with E-state index in [1.165, 1.54) is 0 Å². The molecule has 1 aliphatic heterocycles. The van der Waals surface area contributed by atoms with Crippen molar-refractivity contribution in [2.24, 2.45) is 0 Å². The second-order valence-electron chi connectivity index (χ2n) is 3.79. The first-order valence-electron chi connectivity index (χ1n) is 4.12. The summed E-state index contributed by atoms with van der Waals surface area (Å²) >= 11 is 0. The van der Waals surface area contributed by atoms with Crippen LogP contribution in [-0.4, -0.2) is 27.8 Å². The molecule has 0 spiro atoms. The summed E-state index contributed by atoms with van der Waals surface area (Å²) in [5.41, 5.74) is 0. The molecule has 2 atom stereocenters. The van der Waals surface area contributed by atoms with Gasteiger partial charge in [0.05, 0.1) is 0 Å². The Bertz CT molecular complexity index is 167. The maximum atomic E-state index is 11.5. The highest BCUT2D eigenvalue weighted by molar-refractivity contribution is 7.86. The topological polar surface area (TPSA) is 29.1 Å². The fourth-order valence-electron chi connectivity index (χ4n) is 1.56. The van der Waals surface area contributed by atoms with Gasteiger partial charge in [0.15, 0.2) is 0 Å². The van der Waals surface area contributed by atoms with Crippen molar-refractivity contribution in [1.29, 1.82) is 0 Å². The van der Waals surface area contributed by atoms with E-state index in [0.29, 0.717) is 6.04 Å². The number of rotatable bonds is 1. The molecule has 1 aliphatic rings. The van der Waals surface area contributed by atoms with E-state index in [0.717, 1.165) is 18.6 Å². The van der Waals surface area contributed by atoms with Gasteiger partial charge in [-0.25, -0.2) is 0 Å². The van der Waals surface area contributed by atoms with Crippen molar-refractivity contribution in [2.45, 2.75) is 37.5 Å². The molecule has 11 heavy (non-hydrogen) atoms. The minimum atomic E-state index is -0.613. The van der Waals surface area contributed by atoms with E-state index in [1.54, 1.807) is 0 Å². The number of hydrogen-bond acceptors (Lipinski definition) is 2. The first-order chi connectivity index (χ1) is 5.06. The summed E-state index contributed by atoms with van der Waals surface area (Å²) in [5.74, 6) is 0.860. The average molecular weight is 175 g/mol. The Morgan fingerprint density at radius 1 is 1.55 bits per heavy atom. The van der Waals surface area contributed by atoms with Crippen LogP contribution in [0, 0.1) is 0 Å². The molecule has 0 aromatic heterocycles. The van der Waals surface area contributed by atoms with E-state index in [2.05, 4.69) is 19.2 Å². The zero-order valence-electron chi connectivity index (χ0n) is 7.52. The predicted octanol–water partition coefficient (Wildman–Crippen LogP) is 0.895.